The number of hydrogen-bond acceptors (Lipinski definition) is 5. The number of rotatable bonds is 3. The number of morpholine rings is 1. The van der Waals surface area contributed by atoms with Gasteiger partial charge >= 0.3 is 6.03 Å². The molecule has 4 rings (SSSR count). The molecule has 0 aliphatic carbocycles. The summed E-state index contributed by atoms with van der Waals surface area (Å²) >= 11 is 5.95. The molecule has 1 atom stereocenters. The molecule has 1 aliphatic heterocycles. The number of halogens is 1. The van der Waals surface area contributed by atoms with Crippen LogP contribution in [0.2, 0.25) is 5.02 Å². The van der Waals surface area contributed by atoms with Gasteiger partial charge in [0, 0.05) is 29.7 Å². The zero-order valence-electron chi connectivity index (χ0n) is 15.3. The van der Waals surface area contributed by atoms with Gasteiger partial charge in [-0.25, -0.2) is 4.79 Å². The number of nitrogens with zero attached hydrogens (tertiary/aromatic N) is 3. The molecule has 2 aromatic carbocycles. The van der Waals surface area contributed by atoms with E-state index in [1.807, 2.05) is 48.5 Å². The van der Waals surface area contributed by atoms with Gasteiger partial charge in [0.05, 0.1) is 13.2 Å². The predicted molar refractivity (Wildman–Crippen MR) is 105 cm³/mol. The fourth-order valence-electron chi connectivity index (χ4n) is 3.07. The Morgan fingerprint density at radius 1 is 1.25 bits per heavy atom. The molecule has 8 heteroatoms. The normalized spacial score (nSPS) is 16.8. The molecule has 28 heavy (non-hydrogen) atoms. The van der Waals surface area contributed by atoms with Crippen molar-refractivity contribution in [1.82, 2.24) is 15.0 Å². The number of benzene rings is 2. The Hall–Kier alpha value is -2.90. The van der Waals surface area contributed by atoms with E-state index >= 15 is 0 Å². The average Bonchev–Trinajstić information content (AvgIpc) is 3.15. The highest BCUT2D eigenvalue weighted by atomic mass is 35.5. The Kier molecular flexibility index (Phi) is 5.27. The molecule has 3 aromatic rings. The monoisotopic (exact) mass is 398 g/mol. The van der Waals surface area contributed by atoms with Crippen LogP contribution in [0.15, 0.2) is 53.1 Å². The van der Waals surface area contributed by atoms with E-state index < -0.39 is 0 Å². The molecule has 2 heterocycles. The first-order valence-electron chi connectivity index (χ1n) is 8.92. The van der Waals surface area contributed by atoms with Gasteiger partial charge in [0.25, 0.3) is 0 Å². The summed E-state index contributed by atoms with van der Waals surface area (Å²) in [6.45, 7) is 3.21. The molecule has 0 saturated carbocycles. The van der Waals surface area contributed by atoms with Gasteiger partial charge in [0.1, 0.15) is 6.10 Å². The van der Waals surface area contributed by atoms with Crippen LogP contribution in [0.4, 0.5) is 10.5 Å². The molecular formula is C20H19ClN4O3. The van der Waals surface area contributed by atoms with Crippen LogP contribution in [-0.2, 0) is 4.74 Å². The van der Waals surface area contributed by atoms with Gasteiger partial charge in [0.2, 0.25) is 11.7 Å². The standard InChI is InChI=1S/C20H19ClN4O3/c1-13-22-19(24-28-13)15-3-2-4-17(11-15)23-20(26)25-9-10-27-18(12-25)14-5-7-16(21)8-6-14/h2-8,11,18H,9-10,12H2,1H3,(H,23,26). The Bertz CT molecular complexity index is 974. The summed E-state index contributed by atoms with van der Waals surface area (Å²) in [5, 5.41) is 7.52. The lowest BCUT2D eigenvalue weighted by Crippen LogP contribution is -2.44. The molecule has 0 radical (unpaired) electrons. The zero-order chi connectivity index (χ0) is 19.5. The van der Waals surface area contributed by atoms with Crippen LogP contribution in [0.25, 0.3) is 11.4 Å². The molecule has 1 N–H and O–H groups in total. The van der Waals surface area contributed by atoms with Crippen LogP contribution in [0, 0.1) is 6.92 Å². The molecule has 1 aliphatic rings. The van der Waals surface area contributed by atoms with Gasteiger partial charge in [-0.1, -0.05) is 41.0 Å². The SMILES string of the molecule is Cc1nc(-c2cccc(NC(=O)N3CCOC(c4ccc(Cl)cc4)C3)c2)no1. The van der Waals surface area contributed by atoms with Crippen molar-refractivity contribution in [2.75, 3.05) is 25.0 Å². The topological polar surface area (TPSA) is 80.5 Å². The van der Waals surface area contributed by atoms with E-state index in [0.717, 1.165) is 11.1 Å². The second kappa shape index (κ2) is 8.00. The van der Waals surface area contributed by atoms with Crippen molar-refractivity contribution in [2.24, 2.45) is 0 Å². The number of aromatic nitrogens is 2. The zero-order valence-corrected chi connectivity index (χ0v) is 16.0. The van der Waals surface area contributed by atoms with E-state index in [-0.39, 0.29) is 12.1 Å². The maximum absolute atomic E-state index is 12.7. The second-order valence-electron chi connectivity index (χ2n) is 6.50. The molecule has 1 saturated heterocycles. The highest BCUT2D eigenvalue weighted by Crippen LogP contribution is 2.25. The molecule has 1 aromatic heterocycles. The molecule has 0 bridgehead atoms. The summed E-state index contributed by atoms with van der Waals surface area (Å²) in [6, 6.07) is 14.7. The van der Waals surface area contributed by atoms with Crippen LogP contribution in [0.3, 0.4) is 0 Å². The second-order valence-corrected chi connectivity index (χ2v) is 6.94. The summed E-state index contributed by atoms with van der Waals surface area (Å²) < 4.78 is 10.8. The van der Waals surface area contributed by atoms with Crippen molar-refractivity contribution in [3.05, 3.63) is 65.0 Å². The lowest BCUT2D eigenvalue weighted by Gasteiger charge is -2.33. The molecule has 1 unspecified atom stereocenters. The van der Waals surface area contributed by atoms with E-state index in [9.17, 15) is 4.79 Å². The molecule has 0 spiro atoms. The number of aryl methyl sites for hydroxylation is 1. The third-order valence-electron chi connectivity index (χ3n) is 4.50. The maximum Gasteiger partial charge on any atom is 0.322 e. The van der Waals surface area contributed by atoms with Crippen molar-refractivity contribution in [3.63, 3.8) is 0 Å². The van der Waals surface area contributed by atoms with Gasteiger partial charge in [-0.05, 0) is 29.8 Å². The fourth-order valence-corrected chi connectivity index (χ4v) is 3.19. The number of nitrogens with one attached hydrogen (secondary N) is 1. The Labute approximate surface area is 167 Å². The Morgan fingerprint density at radius 2 is 2.07 bits per heavy atom. The van der Waals surface area contributed by atoms with Gasteiger partial charge in [-0.15, -0.1) is 0 Å². The minimum atomic E-state index is -0.177. The minimum Gasteiger partial charge on any atom is -0.370 e. The number of carbonyl (C=O) groups is 1. The quantitative estimate of drug-likeness (QED) is 0.711. The first-order valence-corrected chi connectivity index (χ1v) is 9.30. The van der Waals surface area contributed by atoms with Crippen LogP contribution >= 0.6 is 11.6 Å². The smallest absolute Gasteiger partial charge is 0.322 e. The van der Waals surface area contributed by atoms with Gasteiger partial charge < -0.3 is 19.5 Å². The first-order chi connectivity index (χ1) is 13.6. The lowest BCUT2D eigenvalue weighted by atomic mass is 10.1. The first kappa shape index (κ1) is 18.5. The number of ether oxygens (including phenoxy) is 1. The van der Waals surface area contributed by atoms with Gasteiger partial charge in [-0.2, -0.15) is 4.98 Å². The summed E-state index contributed by atoms with van der Waals surface area (Å²) in [5.74, 6) is 0.980. The Balaban J connectivity index is 1.44. The van der Waals surface area contributed by atoms with Crippen LogP contribution < -0.4 is 5.32 Å². The fraction of sp³-hybridized carbons (Fsp3) is 0.250. The highest BCUT2D eigenvalue weighted by molar-refractivity contribution is 6.30. The summed E-state index contributed by atoms with van der Waals surface area (Å²) in [4.78, 5) is 18.7. The lowest BCUT2D eigenvalue weighted by molar-refractivity contribution is -0.0135. The number of urea groups is 1. The number of carbonyl (C=O) groups excluding carboxylic acids is 1. The van der Waals surface area contributed by atoms with E-state index in [1.165, 1.54) is 0 Å². The van der Waals surface area contributed by atoms with E-state index in [4.69, 9.17) is 20.9 Å². The van der Waals surface area contributed by atoms with Crippen LogP contribution in [0.1, 0.15) is 17.6 Å². The number of hydrogen-bond donors (Lipinski definition) is 1. The third-order valence-corrected chi connectivity index (χ3v) is 4.75. The predicted octanol–water partition coefficient (Wildman–Crippen LogP) is 4.30. The Morgan fingerprint density at radius 3 is 2.82 bits per heavy atom. The van der Waals surface area contributed by atoms with Crippen molar-refractivity contribution < 1.29 is 14.1 Å². The highest BCUT2D eigenvalue weighted by Gasteiger charge is 2.25. The van der Waals surface area contributed by atoms with Gasteiger partial charge in [0.15, 0.2) is 0 Å². The van der Waals surface area contributed by atoms with E-state index in [2.05, 4.69) is 15.5 Å². The van der Waals surface area contributed by atoms with Gasteiger partial charge in [-0.3, -0.25) is 0 Å². The third kappa shape index (κ3) is 4.16. The molecule has 2 amide bonds. The van der Waals surface area contributed by atoms with Crippen molar-refractivity contribution in [1.29, 1.82) is 0 Å². The summed E-state index contributed by atoms with van der Waals surface area (Å²) in [5.41, 5.74) is 2.44. The molecule has 1 fully saturated rings. The van der Waals surface area contributed by atoms with E-state index in [0.29, 0.717) is 42.1 Å². The molecule has 144 valence electrons. The largest absolute Gasteiger partial charge is 0.370 e. The number of amides is 2. The molecule has 7 nitrogen and oxygen atoms in total. The van der Waals surface area contributed by atoms with Crippen molar-refractivity contribution in [3.8, 4) is 11.4 Å². The maximum atomic E-state index is 12.7. The van der Waals surface area contributed by atoms with Crippen molar-refractivity contribution >= 4 is 23.3 Å². The summed E-state index contributed by atoms with van der Waals surface area (Å²) in [7, 11) is 0. The van der Waals surface area contributed by atoms with Crippen molar-refractivity contribution in [2.45, 2.75) is 13.0 Å². The van der Waals surface area contributed by atoms with Crippen LogP contribution in [0.5, 0.6) is 0 Å². The average molecular weight is 399 g/mol. The van der Waals surface area contributed by atoms with Crippen LogP contribution in [-0.4, -0.2) is 40.8 Å². The number of anilines is 1. The van der Waals surface area contributed by atoms with E-state index in [1.54, 1.807) is 11.8 Å². The summed E-state index contributed by atoms with van der Waals surface area (Å²) in [6.07, 6.45) is -0.176. The molecular weight excluding hydrogens is 380 g/mol. The minimum absolute atomic E-state index is 0.176.